The van der Waals surface area contributed by atoms with E-state index >= 15 is 0 Å². The van der Waals surface area contributed by atoms with Crippen molar-refractivity contribution in [2.45, 2.75) is 12.8 Å². The molecule has 2 amide bonds. The van der Waals surface area contributed by atoms with Crippen molar-refractivity contribution in [1.29, 1.82) is 0 Å². The summed E-state index contributed by atoms with van der Waals surface area (Å²) >= 11 is 5.24. The van der Waals surface area contributed by atoms with Crippen LogP contribution in [0.15, 0.2) is 0 Å². The Bertz CT molecular complexity index is 217. The fourth-order valence-corrected chi connectivity index (χ4v) is 1.29. The second-order valence-electron chi connectivity index (χ2n) is 3.06. The molecule has 2 N–H and O–H groups in total. The summed E-state index contributed by atoms with van der Waals surface area (Å²) in [5.41, 5.74) is 4.54. The van der Waals surface area contributed by atoms with Crippen LogP contribution < -0.4 is 10.9 Å². The molecule has 0 atom stereocenters. The van der Waals surface area contributed by atoms with Gasteiger partial charge in [-0.2, -0.15) is 0 Å². The van der Waals surface area contributed by atoms with E-state index in [1.54, 1.807) is 0 Å². The second kappa shape index (κ2) is 5.82. The molecule has 0 spiro atoms. The number of hydrogen-bond acceptors (Lipinski definition) is 3. The predicted molar refractivity (Wildman–Crippen MR) is 50.5 cm³/mol. The third kappa shape index (κ3) is 3.51. The molecule has 1 fully saturated rings. The van der Waals surface area contributed by atoms with Crippen molar-refractivity contribution >= 4 is 23.4 Å². The van der Waals surface area contributed by atoms with Gasteiger partial charge in [0.2, 0.25) is 5.91 Å². The van der Waals surface area contributed by atoms with Crippen molar-refractivity contribution in [2.24, 2.45) is 5.92 Å². The molecule has 5 nitrogen and oxygen atoms in total. The first-order chi connectivity index (χ1) is 6.74. The van der Waals surface area contributed by atoms with Crippen LogP contribution in [0.3, 0.4) is 0 Å². The monoisotopic (exact) mass is 220 g/mol. The number of ether oxygens (including phenoxy) is 1. The first-order valence-electron chi connectivity index (χ1n) is 4.46. The molecule has 0 aliphatic carbocycles. The van der Waals surface area contributed by atoms with Gasteiger partial charge in [-0.25, -0.2) is 0 Å². The second-order valence-corrected chi connectivity index (χ2v) is 3.32. The van der Waals surface area contributed by atoms with Crippen molar-refractivity contribution in [3.63, 3.8) is 0 Å². The lowest BCUT2D eigenvalue weighted by Gasteiger charge is -2.21. The Morgan fingerprint density at radius 3 is 2.50 bits per heavy atom. The standard InChI is InChI=1S/C8H13ClN2O3/c9-5-7(12)10-11-8(13)6-1-3-14-4-2-6/h6H,1-5H2,(H,10,12)(H,11,13). The predicted octanol–water partition coefficient (Wildman–Crippen LogP) is -0.201. The molecule has 0 aromatic rings. The minimum absolute atomic E-state index is 0.0700. The van der Waals surface area contributed by atoms with Gasteiger partial charge in [0.15, 0.2) is 0 Å². The maximum atomic E-state index is 11.4. The van der Waals surface area contributed by atoms with Gasteiger partial charge in [-0.3, -0.25) is 20.4 Å². The van der Waals surface area contributed by atoms with Crippen LogP contribution in [0.4, 0.5) is 0 Å². The van der Waals surface area contributed by atoms with Crippen LogP contribution in [0.2, 0.25) is 0 Å². The molecule has 0 saturated carbocycles. The number of hydrazine groups is 1. The first-order valence-corrected chi connectivity index (χ1v) is 5.00. The molecule has 1 aliphatic rings. The molecule has 0 unspecified atom stereocenters. The minimum atomic E-state index is -0.410. The van der Waals surface area contributed by atoms with Gasteiger partial charge in [-0.1, -0.05) is 0 Å². The largest absolute Gasteiger partial charge is 0.381 e. The van der Waals surface area contributed by atoms with E-state index in [4.69, 9.17) is 16.3 Å². The van der Waals surface area contributed by atoms with Crippen LogP contribution in [0, 0.1) is 5.92 Å². The van der Waals surface area contributed by atoms with E-state index in [-0.39, 0.29) is 17.7 Å². The van der Waals surface area contributed by atoms with E-state index < -0.39 is 5.91 Å². The maximum Gasteiger partial charge on any atom is 0.253 e. The van der Waals surface area contributed by atoms with Gasteiger partial charge in [0.1, 0.15) is 5.88 Å². The summed E-state index contributed by atoms with van der Waals surface area (Å²) in [4.78, 5) is 22.1. The average molecular weight is 221 g/mol. The quantitative estimate of drug-likeness (QED) is 0.500. The molecule has 14 heavy (non-hydrogen) atoms. The van der Waals surface area contributed by atoms with E-state index in [9.17, 15) is 9.59 Å². The fourth-order valence-electron chi connectivity index (χ4n) is 1.23. The van der Waals surface area contributed by atoms with E-state index in [1.165, 1.54) is 0 Å². The van der Waals surface area contributed by atoms with Crippen molar-refractivity contribution in [3.8, 4) is 0 Å². The van der Waals surface area contributed by atoms with Crippen LogP contribution in [-0.4, -0.2) is 30.9 Å². The lowest BCUT2D eigenvalue weighted by atomic mass is 10.00. The van der Waals surface area contributed by atoms with Crippen LogP contribution in [0.5, 0.6) is 0 Å². The molecule has 1 rings (SSSR count). The highest BCUT2D eigenvalue weighted by molar-refractivity contribution is 6.27. The van der Waals surface area contributed by atoms with Crippen LogP contribution >= 0.6 is 11.6 Å². The lowest BCUT2D eigenvalue weighted by Crippen LogP contribution is -2.46. The van der Waals surface area contributed by atoms with Gasteiger partial charge in [-0.15, -0.1) is 11.6 Å². The Morgan fingerprint density at radius 1 is 1.29 bits per heavy atom. The smallest absolute Gasteiger partial charge is 0.253 e. The summed E-state index contributed by atoms with van der Waals surface area (Å²) in [6.45, 7) is 1.20. The van der Waals surface area contributed by atoms with Gasteiger partial charge in [-0.05, 0) is 12.8 Å². The summed E-state index contributed by atoms with van der Waals surface area (Å²) in [7, 11) is 0. The molecule has 1 heterocycles. The van der Waals surface area contributed by atoms with Crippen LogP contribution in [-0.2, 0) is 14.3 Å². The summed E-state index contributed by atoms with van der Waals surface area (Å²) in [5, 5.41) is 0. The number of rotatable bonds is 2. The topological polar surface area (TPSA) is 67.4 Å². The van der Waals surface area contributed by atoms with E-state index in [1.807, 2.05) is 0 Å². The third-order valence-electron chi connectivity index (χ3n) is 2.04. The summed E-state index contributed by atoms with van der Waals surface area (Å²) < 4.78 is 5.11. The molecule has 0 radical (unpaired) electrons. The Morgan fingerprint density at radius 2 is 1.93 bits per heavy atom. The number of alkyl halides is 1. The molecule has 1 aliphatic heterocycles. The maximum absolute atomic E-state index is 11.4. The minimum Gasteiger partial charge on any atom is -0.381 e. The van der Waals surface area contributed by atoms with Crippen molar-refractivity contribution in [2.75, 3.05) is 19.1 Å². The third-order valence-corrected chi connectivity index (χ3v) is 2.28. The molecule has 0 aromatic carbocycles. The normalized spacial score (nSPS) is 17.5. The Hall–Kier alpha value is -0.810. The molecule has 6 heteroatoms. The van der Waals surface area contributed by atoms with Crippen molar-refractivity contribution in [3.05, 3.63) is 0 Å². The molecule has 1 saturated heterocycles. The summed E-state index contributed by atoms with van der Waals surface area (Å²) in [6, 6.07) is 0. The molecule has 80 valence electrons. The van der Waals surface area contributed by atoms with Gasteiger partial charge in [0.25, 0.3) is 5.91 Å². The van der Waals surface area contributed by atoms with E-state index in [2.05, 4.69) is 10.9 Å². The van der Waals surface area contributed by atoms with Crippen molar-refractivity contribution in [1.82, 2.24) is 10.9 Å². The molecular formula is C8H13ClN2O3. The zero-order chi connectivity index (χ0) is 10.4. The van der Waals surface area contributed by atoms with Gasteiger partial charge < -0.3 is 4.74 Å². The Balaban J connectivity index is 2.23. The SMILES string of the molecule is O=C(CCl)NNC(=O)C1CCOCC1. The van der Waals surface area contributed by atoms with Crippen LogP contribution in [0.1, 0.15) is 12.8 Å². The highest BCUT2D eigenvalue weighted by Crippen LogP contribution is 2.13. The number of nitrogens with one attached hydrogen (secondary N) is 2. The Labute approximate surface area is 87.1 Å². The van der Waals surface area contributed by atoms with Crippen molar-refractivity contribution < 1.29 is 14.3 Å². The summed E-state index contributed by atoms with van der Waals surface area (Å²) in [5.74, 6) is -0.813. The van der Waals surface area contributed by atoms with Gasteiger partial charge in [0, 0.05) is 19.1 Å². The van der Waals surface area contributed by atoms with Gasteiger partial charge in [0.05, 0.1) is 0 Å². The number of amides is 2. The molecular weight excluding hydrogens is 208 g/mol. The number of halogens is 1. The molecule has 0 aromatic heterocycles. The number of carbonyl (C=O) groups excluding carboxylic acids is 2. The first kappa shape index (κ1) is 11.3. The average Bonchev–Trinajstić information content (AvgIpc) is 2.26. The number of hydrogen-bond donors (Lipinski definition) is 2. The molecule has 0 bridgehead atoms. The van der Waals surface area contributed by atoms with Gasteiger partial charge >= 0.3 is 0 Å². The number of carbonyl (C=O) groups is 2. The lowest BCUT2D eigenvalue weighted by molar-refractivity contribution is -0.132. The highest BCUT2D eigenvalue weighted by Gasteiger charge is 2.21. The summed E-state index contributed by atoms with van der Waals surface area (Å²) in [6.07, 6.45) is 1.39. The fraction of sp³-hybridized carbons (Fsp3) is 0.750. The van der Waals surface area contributed by atoms with E-state index in [0.29, 0.717) is 26.1 Å². The zero-order valence-corrected chi connectivity index (χ0v) is 8.47. The van der Waals surface area contributed by atoms with E-state index in [0.717, 1.165) is 0 Å². The Kier molecular flexibility index (Phi) is 4.69. The van der Waals surface area contributed by atoms with Crippen LogP contribution in [0.25, 0.3) is 0 Å². The zero-order valence-electron chi connectivity index (χ0n) is 7.72. The highest BCUT2D eigenvalue weighted by atomic mass is 35.5.